The first kappa shape index (κ1) is 21.2. The van der Waals surface area contributed by atoms with Crippen molar-refractivity contribution in [3.05, 3.63) is 64.2 Å². The molecule has 0 saturated carbocycles. The second kappa shape index (κ2) is 7.71. The summed E-state index contributed by atoms with van der Waals surface area (Å²) in [4.78, 5) is 0. The highest BCUT2D eigenvalue weighted by molar-refractivity contribution is 6.31. The Morgan fingerprint density at radius 2 is 1.84 bits per heavy atom. The molecule has 0 radical (unpaired) electrons. The van der Waals surface area contributed by atoms with Crippen LogP contribution in [0.5, 0.6) is 5.75 Å². The Labute approximate surface area is 185 Å². The van der Waals surface area contributed by atoms with E-state index in [0.717, 1.165) is 16.9 Å². The Balaban J connectivity index is 1.47. The molecule has 3 saturated heterocycles. The third kappa shape index (κ3) is 3.36. The summed E-state index contributed by atoms with van der Waals surface area (Å²) in [5.41, 5.74) is 1.17. The number of ether oxygens (including phenoxy) is 4. The fourth-order valence-electron chi connectivity index (χ4n) is 4.55. The monoisotopic (exact) mass is 448 g/mol. The van der Waals surface area contributed by atoms with E-state index in [1.54, 1.807) is 12.1 Å². The van der Waals surface area contributed by atoms with Crippen LogP contribution in [0.1, 0.15) is 23.6 Å². The summed E-state index contributed by atoms with van der Waals surface area (Å²) < 4.78 is 23.0. The molecule has 6 atom stereocenters. The number of hydrogen-bond acceptors (Lipinski definition) is 7. The third-order valence-corrected chi connectivity index (χ3v) is 6.71. The van der Waals surface area contributed by atoms with Crippen molar-refractivity contribution in [2.75, 3.05) is 19.8 Å². The Morgan fingerprint density at radius 1 is 1.10 bits per heavy atom. The van der Waals surface area contributed by atoms with Crippen LogP contribution in [0.3, 0.4) is 0 Å². The molecule has 8 heteroatoms. The molecule has 31 heavy (non-hydrogen) atoms. The Hall–Kier alpha value is -1.71. The van der Waals surface area contributed by atoms with Gasteiger partial charge in [0.1, 0.15) is 30.2 Å². The average molecular weight is 449 g/mol. The SMILES string of the molecule is CCOc1ccc(Cc2cc([C@]34OC[C@](C5CO5)(O3)[C@@H](O)[C@H](O)[C@H]4O)ccc2Cl)cc1. The van der Waals surface area contributed by atoms with Crippen molar-refractivity contribution < 1.29 is 34.3 Å². The van der Waals surface area contributed by atoms with Crippen molar-refractivity contribution >= 4 is 11.6 Å². The quantitative estimate of drug-likeness (QED) is 0.579. The Kier molecular flexibility index (Phi) is 5.26. The van der Waals surface area contributed by atoms with Crippen molar-refractivity contribution in [2.45, 2.75) is 49.1 Å². The zero-order valence-electron chi connectivity index (χ0n) is 17.0. The zero-order valence-corrected chi connectivity index (χ0v) is 17.8. The van der Waals surface area contributed by atoms with Gasteiger partial charge < -0.3 is 34.3 Å². The molecular weight excluding hydrogens is 424 g/mol. The van der Waals surface area contributed by atoms with Crippen LogP contribution in [0, 0.1) is 0 Å². The first-order chi connectivity index (χ1) is 14.9. The Bertz CT molecular complexity index is 963. The highest BCUT2D eigenvalue weighted by Crippen LogP contribution is 2.53. The number of aliphatic hydroxyl groups excluding tert-OH is 3. The molecule has 2 aromatic rings. The van der Waals surface area contributed by atoms with Gasteiger partial charge in [-0.2, -0.15) is 0 Å². The molecule has 0 spiro atoms. The highest BCUT2D eigenvalue weighted by atomic mass is 35.5. The van der Waals surface area contributed by atoms with Crippen LogP contribution in [0.15, 0.2) is 42.5 Å². The first-order valence-corrected chi connectivity index (χ1v) is 10.8. The molecule has 1 unspecified atom stereocenters. The lowest BCUT2D eigenvalue weighted by molar-refractivity contribution is -0.328. The van der Waals surface area contributed by atoms with E-state index in [4.69, 9.17) is 30.5 Å². The summed E-state index contributed by atoms with van der Waals surface area (Å²) in [7, 11) is 0. The lowest BCUT2D eigenvalue weighted by atomic mass is 9.81. The zero-order chi connectivity index (χ0) is 21.8. The van der Waals surface area contributed by atoms with Gasteiger partial charge >= 0.3 is 0 Å². The lowest BCUT2D eigenvalue weighted by Crippen LogP contribution is -2.66. The molecule has 3 aliphatic rings. The predicted molar refractivity (Wildman–Crippen MR) is 111 cm³/mol. The molecule has 5 rings (SSSR count). The standard InChI is InChI=1S/C23H25ClO7/c1-2-28-16-6-3-13(4-7-16)9-14-10-15(5-8-17(14)24)23-21(27)19(25)20(26)22(31-23,12-30-23)18-11-29-18/h3-8,10,18-21,25-27H,2,9,11-12H2,1H3/t18?,19-,20-,21+,22+,23-/m0/s1. The van der Waals surface area contributed by atoms with E-state index >= 15 is 0 Å². The Morgan fingerprint density at radius 3 is 2.52 bits per heavy atom. The fraction of sp³-hybridized carbons (Fsp3) is 0.478. The van der Waals surface area contributed by atoms with E-state index in [9.17, 15) is 15.3 Å². The number of fused-ring (bicyclic) bond motifs is 2. The lowest BCUT2D eigenvalue weighted by Gasteiger charge is -2.46. The van der Waals surface area contributed by atoms with Crippen molar-refractivity contribution in [2.24, 2.45) is 0 Å². The highest BCUT2D eigenvalue weighted by Gasteiger charge is 2.71. The van der Waals surface area contributed by atoms with Crippen LogP contribution in [0.4, 0.5) is 0 Å². The smallest absolute Gasteiger partial charge is 0.225 e. The molecule has 3 fully saturated rings. The van der Waals surface area contributed by atoms with Gasteiger partial charge in [-0.25, -0.2) is 0 Å². The molecule has 7 nitrogen and oxygen atoms in total. The van der Waals surface area contributed by atoms with Crippen molar-refractivity contribution in [1.82, 2.24) is 0 Å². The second-order valence-electron chi connectivity index (χ2n) is 8.28. The average Bonchev–Trinajstić information content (AvgIpc) is 3.56. The van der Waals surface area contributed by atoms with Gasteiger partial charge in [-0.15, -0.1) is 0 Å². The van der Waals surface area contributed by atoms with Gasteiger partial charge in [0.15, 0.2) is 5.60 Å². The molecule has 3 aliphatic heterocycles. The summed E-state index contributed by atoms with van der Waals surface area (Å²) >= 11 is 6.46. The summed E-state index contributed by atoms with van der Waals surface area (Å²) in [5, 5.41) is 32.6. The molecule has 2 aromatic carbocycles. The van der Waals surface area contributed by atoms with E-state index in [-0.39, 0.29) is 12.7 Å². The van der Waals surface area contributed by atoms with Gasteiger partial charge in [-0.3, -0.25) is 0 Å². The molecule has 166 valence electrons. The van der Waals surface area contributed by atoms with Crippen LogP contribution >= 0.6 is 11.6 Å². The van der Waals surface area contributed by atoms with Crippen molar-refractivity contribution in [1.29, 1.82) is 0 Å². The number of benzene rings is 2. The van der Waals surface area contributed by atoms with Gasteiger partial charge in [0.05, 0.1) is 19.8 Å². The third-order valence-electron chi connectivity index (χ3n) is 6.35. The van der Waals surface area contributed by atoms with Gasteiger partial charge in [-0.1, -0.05) is 29.8 Å². The fourth-order valence-corrected chi connectivity index (χ4v) is 4.73. The van der Waals surface area contributed by atoms with E-state index < -0.39 is 29.7 Å². The molecule has 2 bridgehead atoms. The first-order valence-electron chi connectivity index (χ1n) is 10.4. The molecule has 3 heterocycles. The van der Waals surface area contributed by atoms with Crippen LogP contribution in [-0.2, 0) is 26.4 Å². The van der Waals surface area contributed by atoms with Crippen molar-refractivity contribution in [3.63, 3.8) is 0 Å². The van der Waals surface area contributed by atoms with Gasteiger partial charge in [-0.05, 0) is 48.7 Å². The van der Waals surface area contributed by atoms with Gasteiger partial charge in [0.25, 0.3) is 0 Å². The van der Waals surface area contributed by atoms with Crippen LogP contribution in [0.25, 0.3) is 0 Å². The molecule has 3 N–H and O–H groups in total. The normalized spacial score (nSPS) is 36.4. The molecular formula is C23H25ClO7. The minimum absolute atomic E-state index is 0.00377. The van der Waals surface area contributed by atoms with Gasteiger partial charge in [0, 0.05) is 10.6 Å². The number of halogens is 1. The largest absolute Gasteiger partial charge is 0.494 e. The summed E-state index contributed by atoms with van der Waals surface area (Å²) in [5.74, 6) is -0.808. The molecule has 0 aromatic heterocycles. The number of epoxide rings is 1. The van der Waals surface area contributed by atoms with E-state index in [2.05, 4.69) is 0 Å². The summed E-state index contributed by atoms with van der Waals surface area (Å²) in [6.45, 7) is 2.95. The summed E-state index contributed by atoms with van der Waals surface area (Å²) in [6.07, 6.45) is -4.07. The van der Waals surface area contributed by atoms with Crippen molar-refractivity contribution in [3.8, 4) is 5.75 Å². The predicted octanol–water partition coefficient (Wildman–Crippen LogP) is 1.76. The second-order valence-corrected chi connectivity index (χ2v) is 8.68. The maximum absolute atomic E-state index is 10.8. The number of hydrogen-bond donors (Lipinski definition) is 3. The van der Waals surface area contributed by atoms with Crippen LogP contribution in [-0.4, -0.2) is 65.2 Å². The van der Waals surface area contributed by atoms with E-state index in [0.29, 0.717) is 30.2 Å². The van der Waals surface area contributed by atoms with E-state index in [1.807, 2.05) is 37.3 Å². The van der Waals surface area contributed by atoms with Crippen LogP contribution < -0.4 is 4.74 Å². The van der Waals surface area contributed by atoms with Gasteiger partial charge in [0.2, 0.25) is 5.79 Å². The maximum Gasteiger partial charge on any atom is 0.225 e. The molecule has 0 aliphatic carbocycles. The number of aliphatic hydroxyl groups is 3. The van der Waals surface area contributed by atoms with Crippen LogP contribution in [0.2, 0.25) is 5.02 Å². The topological polar surface area (TPSA) is 101 Å². The maximum atomic E-state index is 10.8. The number of rotatable bonds is 6. The molecule has 0 amide bonds. The summed E-state index contributed by atoms with van der Waals surface area (Å²) in [6, 6.07) is 13.0. The minimum Gasteiger partial charge on any atom is -0.494 e. The van der Waals surface area contributed by atoms with E-state index in [1.165, 1.54) is 0 Å². The minimum atomic E-state index is -1.61.